The average Bonchev–Trinajstić information content (AvgIpc) is 2.69. The lowest BCUT2D eigenvalue weighted by molar-refractivity contribution is -0.385. The number of nitro groups is 1. The number of hydrogen-bond donors (Lipinski definition) is 2. The molecule has 0 aliphatic rings. The monoisotopic (exact) mass is 411 g/mol. The van der Waals surface area contributed by atoms with Crippen LogP contribution in [0.25, 0.3) is 0 Å². The number of non-ortho nitro benzene ring substituents is 1. The van der Waals surface area contributed by atoms with E-state index in [1.807, 2.05) is 42.5 Å². The summed E-state index contributed by atoms with van der Waals surface area (Å²) in [5.74, 6) is 0. The second kappa shape index (κ2) is 8.32. The molecule has 3 aromatic carbocycles. The molecule has 0 radical (unpaired) electrons. The Bertz CT molecular complexity index is 1110. The Labute approximate surface area is 169 Å². The minimum atomic E-state index is -3.64. The van der Waals surface area contributed by atoms with Crippen LogP contribution in [-0.4, -0.2) is 19.6 Å². The molecule has 0 aromatic heterocycles. The van der Waals surface area contributed by atoms with Crippen molar-refractivity contribution in [1.29, 1.82) is 0 Å². The van der Waals surface area contributed by atoms with Crippen molar-refractivity contribution < 1.29 is 13.3 Å². The standard InChI is InChI=1S/C21H21N3O4S/c1-15(16-6-4-3-5-7-16)22-17-8-10-18(11-9-17)23-20-13-12-19(24(25)26)14-21(20)29(2,27)28/h3-15,22-23H,1-2H3. The van der Waals surface area contributed by atoms with Gasteiger partial charge in [0.25, 0.3) is 5.69 Å². The van der Waals surface area contributed by atoms with E-state index in [4.69, 9.17) is 0 Å². The second-order valence-corrected chi connectivity index (χ2v) is 8.67. The Hall–Kier alpha value is -3.39. The van der Waals surface area contributed by atoms with Crippen LogP contribution in [0.15, 0.2) is 77.7 Å². The van der Waals surface area contributed by atoms with E-state index in [0.717, 1.165) is 18.0 Å². The van der Waals surface area contributed by atoms with Crippen molar-refractivity contribution in [2.24, 2.45) is 0 Å². The topological polar surface area (TPSA) is 101 Å². The Kier molecular flexibility index (Phi) is 5.84. The van der Waals surface area contributed by atoms with Gasteiger partial charge in [-0.3, -0.25) is 10.1 Å². The van der Waals surface area contributed by atoms with Crippen LogP contribution in [-0.2, 0) is 9.84 Å². The van der Waals surface area contributed by atoms with E-state index in [1.165, 1.54) is 17.7 Å². The Morgan fingerprint density at radius 3 is 2.14 bits per heavy atom. The molecular formula is C21H21N3O4S. The van der Waals surface area contributed by atoms with Gasteiger partial charge in [-0.25, -0.2) is 8.42 Å². The normalized spacial score (nSPS) is 12.2. The molecule has 3 rings (SSSR count). The third-order valence-corrected chi connectivity index (χ3v) is 5.56. The van der Waals surface area contributed by atoms with Crippen LogP contribution in [0.5, 0.6) is 0 Å². The average molecular weight is 411 g/mol. The first-order valence-electron chi connectivity index (χ1n) is 8.91. The van der Waals surface area contributed by atoms with Crippen molar-refractivity contribution in [2.75, 3.05) is 16.9 Å². The fraction of sp³-hybridized carbons (Fsp3) is 0.143. The molecule has 0 aliphatic carbocycles. The summed E-state index contributed by atoms with van der Waals surface area (Å²) in [4.78, 5) is 10.2. The van der Waals surface area contributed by atoms with Gasteiger partial charge in [0.2, 0.25) is 0 Å². The number of benzene rings is 3. The van der Waals surface area contributed by atoms with Gasteiger partial charge in [-0.05, 0) is 42.8 Å². The number of nitrogens with one attached hydrogen (secondary N) is 2. The molecule has 0 aliphatic heterocycles. The predicted molar refractivity (Wildman–Crippen MR) is 114 cm³/mol. The minimum absolute atomic E-state index is 0.119. The van der Waals surface area contributed by atoms with Crippen molar-refractivity contribution in [1.82, 2.24) is 0 Å². The van der Waals surface area contributed by atoms with E-state index in [-0.39, 0.29) is 22.3 Å². The number of nitro benzene ring substituents is 1. The number of rotatable bonds is 7. The molecule has 0 spiro atoms. The summed E-state index contributed by atoms with van der Waals surface area (Å²) in [7, 11) is -3.64. The van der Waals surface area contributed by atoms with Crippen LogP contribution in [0.3, 0.4) is 0 Å². The molecular weight excluding hydrogens is 390 g/mol. The third kappa shape index (κ3) is 5.11. The summed E-state index contributed by atoms with van der Waals surface area (Å²) in [6, 6.07) is 21.3. The fourth-order valence-corrected chi connectivity index (χ4v) is 3.77. The van der Waals surface area contributed by atoms with E-state index in [1.54, 1.807) is 0 Å². The lowest BCUT2D eigenvalue weighted by Gasteiger charge is -2.16. The first-order valence-corrected chi connectivity index (χ1v) is 10.8. The largest absolute Gasteiger partial charge is 0.379 e. The lowest BCUT2D eigenvalue weighted by atomic mass is 10.1. The van der Waals surface area contributed by atoms with Gasteiger partial charge in [-0.2, -0.15) is 0 Å². The molecule has 1 unspecified atom stereocenters. The molecule has 0 amide bonds. The molecule has 0 fully saturated rings. The molecule has 8 heteroatoms. The smallest absolute Gasteiger partial charge is 0.270 e. The molecule has 7 nitrogen and oxygen atoms in total. The molecule has 29 heavy (non-hydrogen) atoms. The number of anilines is 3. The van der Waals surface area contributed by atoms with Crippen LogP contribution < -0.4 is 10.6 Å². The van der Waals surface area contributed by atoms with E-state index < -0.39 is 14.8 Å². The zero-order chi connectivity index (χ0) is 21.0. The Morgan fingerprint density at radius 1 is 0.931 bits per heavy atom. The van der Waals surface area contributed by atoms with Gasteiger partial charge in [0.05, 0.1) is 15.5 Å². The van der Waals surface area contributed by atoms with Crippen molar-refractivity contribution in [3.63, 3.8) is 0 Å². The Morgan fingerprint density at radius 2 is 1.55 bits per heavy atom. The molecule has 150 valence electrons. The van der Waals surface area contributed by atoms with Crippen LogP contribution in [0, 0.1) is 10.1 Å². The summed E-state index contributed by atoms with van der Waals surface area (Å²) in [5, 5.41) is 17.4. The predicted octanol–water partition coefficient (Wildman–Crippen LogP) is 4.92. The summed E-state index contributed by atoms with van der Waals surface area (Å²) in [6.07, 6.45) is 1.02. The Balaban J connectivity index is 1.79. The summed E-state index contributed by atoms with van der Waals surface area (Å²) >= 11 is 0. The minimum Gasteiger partial charge on any atom is -0.379 e. The van der Waals surface area contributed by atoms with Crippen LogP contribution in [0.1, 0.15) is 18.5 Å². The number of nitrogens with zero attached hydrogens (tertiary/aromatic N) is 1. The molecule has 0 saturated heterocycles. The maximum atomic E-state index is 12.1. The maximum absolute atomic E-state index is 12.1. The van der Waals surface area contributed by atoms with Gasteiger partial charge in [0, 0.05) is 35.8 Å². The quantitative estimate of drug-likeness (QED) is 0.423. The number of hydrogen-bond acceptors (Lipinski definition) is 6. The van der Waals surface area contributed by atoms with Crippen LogP contribution in [0.4, 0.5) is 22.7 Å². The van der Waals surface area contributed by atoms with Gasteiger partial charge in [0.15, 0.2) is 9.84 Å². The lowest BCUT2D eigenvalue weighted by Crippen LogP contribution is -2.06. The fourth-order valence-electron chi connectivity index (χ4n) is 2.91. The second-order valence-electron chi connectivity index (χ2n) is 6.69. The maximum Gasteiger partial charge on any atom is 0.270 e. The molecule has 0 saturated carbocycles. The highest BCUT2D eigenvalue weighted by Gasteiger charge is 2.18. The van der Waals surface area contributed by atoms with Crippen molar-refractivity contribution in [3.05, 3.63) is 88.5 Å². The zero-order valence-electron chi connectivity index (χ0n) is 16.0. The molecule has 2 N–H and O–H groups in total. The van der Waals surface area contributed by atoms with Crippen molar-refractivity contribution in [2.45, 2.75) is 17.9 Å². The molecule has 1 atom stereocenters. The van der Waals surface area contributed by atoms with E-state index >= 15 is 0 Å². The van der Waals surface area contributed by atoms with Crippen molar-refractivity contribution in [3.8, 4) is 0 Å². The highest BCUT2D eigenvalue weighted by molar-refractivity contribution is 7.90. The zero-order valence-corrected chi connectivity index (χ0v) is 16.8. The van der Waals surface area contributed by atoms with Crippen molar-refractivity contribution >= 4 is 32.6 Å². The highest BCUT2D eigenvalue weighted by Crippen LogP contribution is 2.30. The summed E-state index contributed by atoms with van der Waals surface area (Å²) in [5.41, 5.74) is 2.76. The first kappa shape index (κ1) is 20.3. The third-order valence-electron chi connectivity index (χ3n) is 4.42. The van der Waals surface area contributed by atoms with E-state index in [2.05, 4.69) is 29.7 Å². The van der Waals surface area contributed by atoms with E-state index in [0.29, 0.717) is 5.69 Å². The van der Waals surface area contributed by atoms with Gasteiger partial charge in [-0.15, -0.1) is 0 Å². The summed E-state index contributed by atoms with van der Waals surface area (Å²) in [6.45, 7) is 2.07. The van der Waals surface area contributed by atoms with Gasteiger partial charge in [0.1, 0.15) is 0 Å². The van der Waals surface area contributed by atoms with Crippen LogP contribution in [0.2, 0.25) is 0 Å². The SMILES string of the molecule is CC(Nc1ccc(Nc2ccc([N+](=O)[O-])cc2S(C)(=O)=O)cc1)c1ccccc1. The van der Waals surface area contributed by atoms with Crippen LogP contribution >= 0.6 is 0 Å². The number of sulfone groups is 1. The molecule has 3 aromatic rings. The molecule has 0 heterocycles. The van der Waals surface area contributed by atoms with Gasteiger partial charge in [-0.1, -0.05) is 30.3 Å². The highest BCUT2D eigenvalue weighted by atomic mass is 32.2. The molecule has 0 bridgehead atoms. The van der Waals surface area contributed by atoms with E-state index in [9.17, 15) is 18.5 Å². The summed E-state index contributed by atoms with van der Waals surface area (Å²) < 4.78 is 24.1. The van der Waals surface area contributed by atoms with Gasteiger partial charge >= 0.3 is 0 Å². The first-order chi connectivity index (χ1) is 13.7. The van der Waals surface area contributed by atoms with Gasteiger partial charge < -0.3 is 10.6 Å².